The molecule has 0 amide bonds. The van der Waals surface area contributed by atoms with E-state index >= 15 is 0 Å². The molecular weight excluding hydrogens is 282 g/mol. The normalized spacial score (nSPS) is 11.0. The van der Waals surface area contributed by atoms with E-state index in [2.05, 4.69) is 28.2 Å². The first-order valence-electron chi connectivity index (χ1n) is 5.70. The van der Waals surface area contributed by atoms with Crippen molar-refractivity contribution in [2.45, 2.75) is 13.3 Å². The van der Waals surface area contributed by atoms with Crippen LogP contribution < -0.4 is 10.1 Å². The van der Waals surface area contributed by atoms with Gasteiger partial charge in [0.25, 0.3) is 0 Å². The van der Waals surface area contributed by atoms with E-state index in [1.807, 2.05) is 18.4 Å². The molecule has 0 aliphatic carbocycles. The summed E-state index contributed by atoms with van der Waals surface area (Å²) in [6.45, 7) is 4.05. The predicted octanol–water partition coefficient (Wildman–Crippen LogP) is 3.36. The number of halogens is 1. The molecule has 0 saturated carbocycles. The minimum absolute atomic E-state index is 0.843. The van der Waals surface area contributed by atoms with E-state index < -0.39 is 0 Å². The van der Waals surface area contributed by atoms with Crippen LogP contribution in [0.3, 0.4) is 0 Å². The third-order valence-corrected chi connectivity index (χ3v) is 3.33. The van der Waals surface area contributed by atoms with E-state index in [4.69, 9.17) is 9.15 Å². The number of rotatable bonds is 5. The topological polar surface area (TPSA) is 34.4 Å². The SMILES string of the molecule is CCNCCc1coc2c(Br)cc(OC)cc12. The quantitative estimate of drug-likeness (QED) is 0.860. The highest BCUT2D eigenvalue weighted by Crippen LogP contribution is 2.32. The molecule has 1 aromatic heterocycles. The molecule has 2 rings (SSSR count). The van der Waals surface area contributed by atoms with Crippen LogP contribution in [0.4, 0.5) is 0 Å². The summed E-state index contributed by atoms with van der Waals surface area (Å²) in [4.78, 5) is 0. The number of hydrogen-bond donors (Lipinski definition) is 1. The number of methoxy groups -OCH3 is 1. The van der Waals surface area contributed by atoms with E-state index in [0.29, 0.717) is 0 Å². The summed E-state index contributed by atoms with van der Waals surface area (Å²) >= 11 is 3.49. The fourth-order valence-electron chi connectivity index (χ4n) is 1.83. The van der Waals surface area contributed by atoms with E-state index in [-0.39, 0.29) is 0 Å². The number of fused-ring (bicyclic) bond motifs is 1. The van der Waals surface area contributed by atoms with Gasteiger partial charge >= 0.3 is 0 Å². The Morgan fingerprint density at radius 1 is 1.41 bits per heavy atom. The highest BCUT2D eigenvalue weighted by molar-refractivity contribution is 9.10. The lowest BCUT2D eigenvalue weighted by atomic mass is 10.1. The summed E-state index contributed by atoms with van der Waals surface area (Å²) in [6.07, 6.45) is 2.78. The lowest BCUT2D eigenvalue weighted by Gasteiger charge is -2.03. The number of ether oxygens (including phenoxy) is 1. The third-order valence-electron chi connectivity index (χ3n) is 2.74. The van der Waals surface area contributed by atoms with Crippen molar-refractivity contribution in [1.29, 1.82) is 0 Å². The van der Waals surface area contributed by atoms with Gasteiger partial charge in [-0.1, -0.05) is 6.92 Å². The van der Waals surface area contributed by atoms with Crippen molar-refractivity contribution in [2.75, 3.05) is 20.2 Å². The van der Waals surface area contributed by atoms with E-state index in [0.717, 1.165) is 40.7 Å². The van der Waals surface area contributed by atoms with Gasteiger partial charge in [-0.2, -0.15) is 0 Å². The van der Waals surface area contributed by atoms with Crippen LogP contribution in [0, 0.1) is 0 Å². The fraction of sp³-hybridized carbons (Fsp3) is 0.385. The van der Waals surface area contributed by atoms with Crippen molar-refractivity contribution in [3.05, 3.63) is 28.4 Å². The highest BCUT2D eigenvalue weighted by atomic mass is 79.9. The summed E-state index contributed by atoms with van der Waals surface area (Å²) < 4.78 is 11.8. The minimum Gasteiger partial charge on any atom is -0.497 e. The van der Waals surface area contributed by atoms with Crippen LogP contribution in [0.25, 0.3) is 11.0 Å². The number of furan rings is 1. The van der Waals surface area contributed by atoms with Gasteiger partial charge in [-0.3, -0.25) is 0 Å². The molecule has 3 nitrogen and oxygen atoms in total. The lowest BCUT2D eigenvalue weighted by molar-refractivity contribution is 0.415. The van der Waals surface area contributed by atoms with E-state index in [1.54, 1.807) is 7.11 Å². The Kier molecular flexibility index (Phi) is 4.07. The zero-order chi connectivity index (χ0) is 12.3. The van der Waals surface area contributed by atoms with Gasteiger partial charge in [0.05, 0.1) is 17.8 Å². The average molecular weight is 298 g/mol. The molecule has 0 aliphatic heterocycles. The summed E-state index contributed by atoms with van der Waals surface area (Å²) in [6, 6.07) is 3.94. The van der Waals surface area contributed by atoms with Crippen molar-refractivity contribution in [2.24, 2.45) is 0 Å². The number of hydrogen-bond acceptors (Lipinski definition) is 3. The van der Waals surface area contributed by atoms with Gasteiger partial charge < -0.3 is 14.5 Å². The van der Waals surface area contributed by atoms with Gasteiger partial charge in [-0.05, 0) is 53.1 Å². The second-order valence-electron chi connectivity index (χ2n) is 3.85. The Labute approximate surface area is 109 Å². The number of likely N-dealkylation sites (N-methyl/N-ethyl adjacent to an activating group) is 1. The summed E-state index contributed by atoms with van der Waals surface area (Å²) in [5.41, 5.74) is 2.10. The molecule has 0 saturated heterocycles. The highest BCUT2D eigenvalue weighted by Gasteiger charge is 2.10. The lowest BCUT2D eigenvalue weighted by Crippen LogP contribution is -2.15. The molecule has 1 heterocycles. The van der Waals surface area contributed by atoms with Gasteiger partial charge in [0.2, 0.25) is 0 Å². The molecule has 17 heavy (non-hydrogen) atoms. The maximum atomic E-state index is 5.58. The van der Waals surface area contributed by atoms with Crippen LogP contribution in [0.2, 0.25) is 0 Å². The van der Waals surface area contributed by atoms with Crippen molar-refractivity contribution >= 4 is 26.9 Å². The molecule has 2 aromatic rings. The molecule has 4 heteroatoms. The van der Waals surface area contributed by atoms with Crippen LogP contribution in [-0.4, -0.2) is 20.2 Å². The number of nitrogens with one attached hydrogen (secondary N) is 1. The molecule has 1 N–H and O–H groups in total. The smallest absolute Gasteiger partial charge is 0.148 e. The fourth-order valence-corrected chi connectivity index (χ4v) is 2.36. The molecule has 1 aromatic carbocycles. The summed E-state index contributed by atoms with van der Waals surface area (Å²) in [5, 5.41) is 4.43. The van der Waals surface area contributed by atoms with Crippen molar-refractivity contribution < 1.29 is 9.15 Å². The molecular formula is C13H16BrNO2. The van der Waals surface area contributed by atoms with Crippen LogP contribution in [0.1, 0.15) is 12.5 Å². The van der Waals surface area contributed by atoms with Gasteiger partial charge in [-0.25, -0.2) is 0 Å². The monoisotopic (exact) mass is 297 g/mol. The first kappa shape index (κ1) is 12.5. The van der Waals surface area contributed by atoms with E-state index in [1.165, 1.54) is 5.56 Å². The maximum Gasteiger partial charge on any atom is 0.148 e. The van der Waals surface area contributed by atoms with Gasteiger partial charge in [0, 0.05) is 5.39 Å². The van der Waals surface area contributed by atoms with Gasteiger partial charge in [0.15, 0.2) is 0 Å². The summed E-state index contributed by atoms with van der Waals surface area (Å²) in [5.74, 6) is 0.843. The minimum atomic E-state index is 0.843. The van der Waals surface area contributed by atoms with Crippen molar-refractivity contribution in [1.82, 2.24) is 5.32 Å². The van der Waals surface area contributed by atoms with Crippen LogP contribution in [-0.2, 0) is 6.42 Å². The van der Waals surface area contributed by atoms with Crippen molar-refractivity contribution in [3.8, 4) is 5.75 Å². The Hall–Kier alpha value is -1.00. The summed E-state index contributed by atoms with van der Waals surface area (Å²) in [7, 11) is 1.67. The second kappa shape index (κ2) is 5.56. The molecule has 92 valence electrons. The predicted molar refractivity (Wildman–Crippen MR) is 72.7 cm³/mol. The van der Waals surface area contributed by atoms with Crippen LogP contribution in [0.5, 0.6) is 5.75 Å². The molecule has 0 unspecified atom stereocenters. The first-order valence-corrected chi connectivity index (χ1v) is 6.50. The number of benzene rings is 1. The maximum absolute atomic E-state index is 5.58. The Morgan fingerprint density at radius 3 is 2.94 bits per heavy atom. The van der Waals surface area contributed by atoms with Gasteiger partial charge in [0.1, 0.15) is 11.3 Å². The molecule has 0 atom stereocenters. The molecule has 0 aliphatic rings. The molecule has 0 spiro atoms. The molecule has 0 bridgehead atoms. The third kappa shape index (κ3) is 2.64. The van der Waals surface area contributed by atoms with E-state index in [9.17, 15) is 0 Å². The Morgan fingerprint density at radius 2 is 2.24 bits per heavy atom. The standard InChI is InChI=1S/C13H16BrNO2/c1-3-15-5-4-9-8-17-13-11(9)6-10(16-2)7-12(13)14/h6-8,15H,3-5H2,1-2H3. The van der Waals surface area contributed by atoms with Crippen LogP contribution in [0.15, 0.2) is 27.3 Å². The largest absolute Gasteiger partial charge is 0.497 e. The van der Waals surface area contributed by atoms with Gasteiger partial charge in [-0.15, -0.1) is 0 Å². The zero-order valence-electron chi connectivity index (χ0n) is 10.0. The zero-order valence-corrected chi connectivity index (χ0v) is 11.6. The first-order chi connectivity index (χ1) is 8.26. The van der Waals surface area contributed by atoms with Crippen molar-refractivity contribution in [3.63, 3.8) is 0 Å². The molecule has 0 radical (unpaired) electrons. The Balaban J connectivity index is 2.33. The average Bonchev–Trinajstić information content (AvgIpc) is 2.73. The Bertz CT molecular complexity index is 507. The van der Waals surface area contributed by atoms with Crippen LogP contribution >= 0.6 is 15.9 Å². The second-order valence-corrected chi connectivity index (χ2v) is 4.70. The molecule has 0 fully saturated rings.